The van der Waals surface area contributed by atoms with Crippen LogP contribution in [0.15, 0.2) is 18.2 Å². The molecule has 0 radical (unpaired) electrons. The maximum Gasteiger partial charge on any atom is 0.0599 e. The lowest BCUT2D eigenvalue weighted by atomic mass is 10.1. The fraction of sp³-hybridized carbons (Fsp3) is 0.333. The Labute approximate surface area is 90.7 Å². The van der Waals surface area contributed by atoms with Gasteiger partial charge in [0.05, 0.1) is 6.54 Å². The molecule has 0 N–H and O–H groups in total. The van der Waals surface area contributed by atoms with Gasteiger partial charge in [-0.1, -0.05) is 29.7 Å². The fourth-order valence-corrected chi connectivity index (χ4v) is 1.45. The molecular weight excluding hydrogens is 194 g/mol. The SMILES string of the molecule is C#CCN(C)Cc1ccc(Cl)c(C)c1. The highest BCUT2D eigenvalue weighted by Gasteiger charge is 2.00. The second kappa shape index (κ2) is 5.05. The van der Waals surface area contributed by atoms with Gasteiger partial charge in [-0.15, -0.1) is 6.42 Å². The van der Waals surface area contributed by atoms with Crippen molar-refractivity contribution in [2.24, 2.45) is 0 Å². The van der Waals surface area contributed by atoms with Gasteiger partial charge in [-0.25, -0.2) is 0 Å². The Bertz CT molecular complexity index is 352. The van der Waals surface area contributed by atoms with E-state index in [2.05, 4.69) is 16.9 Å². The van der Waals surface area contributed by atoms with Crippen LogP contribution >= 0.6 is 11.6 Å². The van der Waals surface area contributed by atoms with E-state index < -0.39 is 0 Å². The first-order chi connectivity index (χ1) is 6.63. The molecule has 1 aromatic rings. The zero-order valence-corrected chi connectivity index (χ0v) is 9.30. The summed E-state index contributed by atoms with van der Waals surface area (Å²) in [4.78, 5) is 2.09. The van der Waals surface area contributed by atoms with Crippen LogP contribution in [0, 0.1) is 19.3 Å². The number of benzene rings is 1. The van der Waals surface area contributed by atoms with Gasteiger partial charge in [0.1, 0.15) is 0 Å². The molecule has 1 rings (SSSR count). The Morgan fingerprint density at radius 3 is 2.79 bits per heavy atom. The van der Waals surface area contributed by atoms with E-state index in [1.165, 1.54) is 5.56 Å². The molecule has 0 aliphatic heterocycles. The number of hydrogen-bond acceptors (Lipinski definition) is 1. The van der Waals surface area contributed by atoms with Crippen molar-refractivity contribution in [3.63, 3.8) is 0 Å². The van der Waals surface area contributed by atoms with E-state index in [0.29, 0.717) is 6.54 Å². The van der Waals surface area contributed by atoms with E-state index in [1.54, 1.807) is 0 Å². The first-order valence-corrected chi connectivity index (χ1v) is 4.88. The van der Waals surface area contributed by atoms with Gasteiger partial charge in [0, 0.05) is 11.6 Å². The van der Waals surface area contributed by atoms with Crippen LogP contribution < -0.4 is 0 Å². The van der Waals surface area contributed by atoms with E-state index in [9.17, 15) is 0 Å². The highest BCUT2D eigenvalue weighted by atomic mass is 35.5. The van der Waals surface area contributed by atoms with Gasteiger partial charge in [-0.2, -0.15) is 0 Å². The molecule has 0 heterocycles. The number of terminal acetylenes is 1. The number of rotatable bonds is 3. The summed E-state index contributed by atoms with van der Waals surface area (Å²) in [5.41, 5.74) is 2.35. The molecule has 0 aliphatic rings. The maximum atomic E-state index is 5.93. The van der Waals surface area contributed by atoms with Gasteiger partial charge in [0.25, 0.3) is 0 Å². The zero-order chi connectivity index (χ0) is 10.6. The molecule has 0 unspecified atom stereocenters. The lowest BCUT2D eigenvalue weighted by Crippen LogP contribution is -2.17. The van der Waals surface area contributed by atoms with E-state index in [-0.39, 0.29) is 0 Å². The molecule has 0 aromatic heterocycles. The second-order valence-corrected chi connectivity index (χ2v) is 3.87. The van der Waals surface area contributed by atoms with Gasteiger partial charge < -0.3 is 0 Å². The fourth-order valence-electron chi connectivity index (χ4n) is 1.33. The molecule has 0 aliphatic carbocycles. The highest BCUT2D eigenvalue weighted by molar-refractivity contribution is 6.31. The largest absolute Gasteiger partial charge is 0.291 e. The first-order valence-electron chi connectivity index (χ1n) is 4.50. The topological polar surface area (TPSA) is 3.24 Å². The van der Waals surface area contributed by atoms with Crippen molar-refractivity contribution in [1.29, 1.82) is 0 Å². The average molecular weight is 208 g/mol. The van der Waals surface area contributed by atoms with Gasteiger partial charge in [-0.3, -0.25) is 4.90 Å². The van der Waals surface area contributed by atoms with Crippen LogP contribution in [-0.2, 0) is 6.54 Å². The van der Waals surface area contributed by atoms with E-state index in [0.717, 1.165) is 17.1 Å². The summed E-state index contributed by atoms with van der Waals surface area (Å²) >= 11 is 5.93. The second-order valence-electron chi connectivity index (χ2n) is 3.46. The van der Waals surface area contributed by atoms with Crippen LogP contribution in [-0.4, -0.2) is 18.5 Å². The van der Waals surface area contributed by atoms with Crippen LogP contribution in [0.25, 0.3) is 0 Å². The third kappa shape index (κ3) is 3.06. The molecule has 0 saturated heterocycles. The van der Waals surface area contributed by atoms with Crippen LogP contribution in [0.1, 0.15) is 11.1 Å². The van der Waals surface area contributed by atoms with Crippen molar-refractivity contribution in [1.82, 2.24) is 4.90 Å². The molecule has 0 amide bonds. The van der Waals surface area contributed by atoms with Gasteiger partial charge in [0.2, 0.25) is 0 Å². The van der Waals surface area contributed by atoms with Crippen LogP contribution in [0.4, 0.5) is 0 Å². The first kappa shape index (κ1) is 11.1. The lowest BCUT2D eigenvalue weighted by molar-refractivity contribution is 0.369. The van der Waals surface area contributed by atoms with Crippen LogP contribution in [0.3, 0.4) is 0 Å². The summed E-state index contributed by atoms with van der Waals surface area (Å²) < 4.78 is 0. The Hall–Kier alpha value is -0.970. The lowest BCUT2D eigenvalue weighted by Gasteiger charge is -2.13. The standard InChI is InChI=1S/C12H14ClN/c1-4-7-14(3)9-11-5-6-12(13)10(2)8-11/h1,5-6,8H,7,9H2,2-3H3. The summed E-state index contributed by atoms with van der Waals surface area (Å²) in [6.07, 6.45) is 5.22. The summed E-state index contributed by atoms with van der Waals surface area (Å²) in [6, 6.07) is 6.05. The minimum Gasteiger partial charge on any atom is -0.291 e. The van der Waals surface area contributed by atoms with Crippen molar-refractivity contribution in [2.45, 2.75) is 13.5 Å². The Balaban J connectivity index is 2.69. The average Bonchev–Trinajstić information content (AvgIpc) is 2.12. The predicted octanol–water partition coefficient (Wildman–Crippen LogP) is 2.71. The highest BCUT2D eigenvalue weighted by Crippen LogP contribution is 2.16. The van der Waals surface area contributed by atoms with Crippen molar-refractivity contribution >= 4 is 11.6 Å². The molecule has 0 spiro atoms. The molecule has 0 fully saturated rings. The van der Waals surface area contributed by atoms with Gasteiger partial charge >= 0.3 is 0 Å². The minimum atomic E-state index is 0.668. The van der Waals surface area contributed by atoms with Crippen molar-refractivity contribution < 1.29 is 0 Å². The summed E-state index contributed by atoms with van der Waals surface area (Å²) in [5, 5.41) is 0.813. The summed E-state index contributed by atoms with van der Waals surface area (Å²) in [6.45, 7) is 3.54. The van der Waals surface area contributed by atoms with Gasteiger partial charge in [0.15, 0.2) is 0 Å². The molecule has 0 saturated carbocycles. The van der Waals surface area contributed by atoms with Crippen molar-refractivity contribution in [3.05, 3.63) is 34.3 Å². The molecule has 74 valence electrons. The zero-order valence-electron chi connectivity index (χ0n) is 8.55. The minimum absolute atomic E-state index is 0.668. The van der Waals surface area contributed by atoms with E-state index in [1.807, 2.05) is 26.1 Å². The Morgan fingerprint density at radius 1 is 1.50 bits per heavy atom. The Morgan fingerprint density at radius 2 is 2.21 bits per heavy atom. The van der Waals surface area contributed by atoms with Crippen molar-refractivity contribution in [3.8, 4) is 12.3 Å². The summed E-state index contributed by atoms with van der Waals surface area (Å²) in [5.74, 6) is 2.61. The molecule has 0 bridgehead atoms. The molecule has 2 heteroatoms. The van der Waals surface area contributed by atoms with E-state index >= 15 is 0 Å². The molecule has 14 heavy (non-hydrogen) atoms. The van der Waals surface area contributed by atoms with Crippen molar-refractivity contribution in [2.75, 3.05) is 13.6 Å². The predicted molar refractivity (Wildman–Crippen MR) is 61.4 cm³/mol. The molecular formula is C12H14ClN. The maximum absolute atomic E-state index is 5.93. The molecule has 1 nitrogen and oxygen atoms in total. The number of halogens is 1. The summed E-state index contributed by atoms with van der Waals surface area (Å²) in [7, 11) is 2.00. The molecule has 0 atom stereocenters. The third-order valence-corrected chi connectivity index (χ3v) is 2.46. The van der Waals surface area contributed by atoms with E-state index in [4.69, 9.17) is 18.0 Å². The van der Waals surface area contributed by atoms with Gasteiger partial charge in [-0.05, 0) is 31.2 Å². The van der Waals surface area contributed by atoms with Crippen LogP contribution in [0.2, 0.25) is 5.02 Å². The Kier molecular flexibility index (Phi) is 4.00. The normalized spacial score (nSPS) is 10.2. The smallest absolute Gasteiger partial charge is 0.0599 e. The quantitative estimate of drug-likeness (QED) is 0.689. The molecule has 1 aromatic carbocycles. The van der Waals surface area contributed by atoms with Crippen LogP contribution in [0.5, 0.6) is 0 Å². The number of nitrogens with zero attached hydrogens (tertiary/aromatic N) is 1. The number of aryl methyl sites for hydroxylation is 1. The third-order valence-electron chi connectivity index (χ3n) is 2.04. The number of hydrogen-bond donors (Lipinski definition) is 0. The monoisotopic (exact) mass is 207 g/mol.